The van der Waals surface area contributed by atoms with Gasteiger partial charge in [-0.3, -0.25) is 0 Å². The number of amides is 2. The van der Waals surface area contributed by atoms with Crippen molar-refractivity contribution in [3.05, 3.63) is 0 Å². The summed E-state index contributed by atoms with van der Waals surface area (Å²) in [6, 6.07) is -0.0365. The first-order chi connectivity index (χ1) is 6.60. The van der Waals surface area contributed by atoms with E-state index < -0.39 is 0 Å². The SMILES string of the molecule is CCC(CC)CNC(=O)NCC(C)C. The van der Waals surface area contributed by atoms with Crippen molar-refractivity contribution in [3.63, 3.8) is 0 Å². The largest absolute Gasteiger partial charge is 0.338 e. The summed E-state index contributed by atoms with van der Waals surface area (Å²) in [5.41, 5.74) is 0. The molecule has 0 aliphatic rings. The first kappa shape index (κ1) is 13.3. The van der Waals surface area contributed by atoms with Crippen LogP contribution in [-0.2, 0) is 0 Å². The van der Waals surface area contributed by atoms with Gasteiger partial charge in [0.05, 0.1) is 0 Å². The van der Waals surface area contributed by atoms with E-state index in [0.29, 0.717) is 11.8 Å². The normalized spacial score (nSPS) is 10.7. The molecule has 0 saturated heterocycles. The highest BCUT2D eigenvalue weighted by atomic mass is 16.2. The Kier molecular flexibility index (Phi) is 7.25. The van der Waals surface area contributed by atoms with Gasteiger partial charge in [0.1, 0.15) is 0 Å². The van der Waals surface area contributed by atoms with Gasteiger partial charge >= 0.3 is 6.03 Å². The zero-order valence-corrected chi connectivity index (χ0v) is 9.89. The van der Waals surface area contributed by atoms with E-state index in [1.54, 1.807) is 0 Å². The second kappa shape index (κ2) is 7.65. The number of nitrogens with one attached hydrogen (secondary N) is 2. The number of rotatable bonds is 6. The second-order valence-electron chi connectivity index (χ2n) is 4.17. The lowest BCUT2D eigenvalue weighted by molar-refractivity contribution is 0.237. The molecular weight excluding hydrogens is 176 g/mol. The molecule has 0 atom stereocenters. The van der Waals surface area contributed by atoms with Crippen molar-refractivity contribution in [1.29, 1.82) is 0 Å². The first-order valence-corrected chi connectivity index (χ1v) is 5.61. The van der Waals surface area contributed by atoms with Crippen molar-refractivity contribution in [2.45, 2.75) is 40.5 Å². The Morgan fingerprint density at radius 3 is 2.00 bits per heavy atom. The Morgan fingerprint density at radius 1 is 1.07 bits per heavy atom. The van der Waals surface area contributed by atoms with Gasteiger partial charge in [-0.05, 0) is 11.8 Å². The van der Waals surface area contributed by atoms with Crippen LogP contribution in [0.3, 0.4) is 0 Å². The molecule has 0 aromatic heterocycles. The molecule has 0 bridgehead atoms. The summed E-state index contributed by atoms with van der Waals surface area (Å²) in [4.78, 5) is 11.3. The van der Waals surface area contributed by atoms with Crippen LogP contribution >= 0.6 is 0 Å². The van der Waals surface area contributed by atoms with Gasteiger partial charge in [0.15, 0.2) is 0 Å². The molecule has 3 heteroatoms. The molecule has 0 aromatic rings. The maximum absolute atomic E-state index is 11.3. The van der Waals surface area contributed by atoms with E-state index in [1.807, 2.05) is 0 Å². The van der Waals surface area contributed by atoms with E-state index in [9.17, 15) is 4.79 Å². The summed E-state index contributed by atoms with van der Waals surface area (Å²) in [6.07, 6.45) is 2.25. The average molecular weight is 200 g/mol. The van der Waals surface area contributed by atoms with Crippen molar-refractivity contribution < 1.29 is 4.79 Å². The van der Waals surface area contributed by atoms with Gasteiger partial charge in [-0.25, -0.2) is 4.79 Å². The minimum atomic E-state index is -0.0365. The molecule has 84 valence electrons. The average Bonchev–Trinajstić information content (AvgIpc) is 2.16. The van der Waals surface area contributed by atoms with Crippen molar-refractivity contribution >= 4 is 6.03 Å². The van der Waals surface area contributed by atoms with E-state index in [-0.39, 0.29) is 6.03 Å². The predicted molar refractivity (Wildman–Crippen MR) is 60.3 cm³/mol. The van der Waals surface area contributed by atoms with Crippen LogP contribution in [0.15, 0.2) is 0 Å². The second-order valence-corrected chi connectivity index (χ2v) is 4.17. The summed E-state index contributed by atoms with van der Waals surface area (Å²) in [6.45, 7) is 10.0. The molecule has 0 radical (unpaired) electrons. The summed E-state index contributed by atoms with van der Waals surface area (Å²) in [5.74, 6) is 1.12. The van der Waals surface area contributed by atoms with Gasteiger partial charge in [-0.15, -0.1) is 0 Å². The molecule has 0 aliphatic carbocycles. The molecule has 0 fully saturated rings. The zero-order valence-electron chi connectivity index (χ0n) is 9.89. The van der Waals surface area contributed by atoms with Crippen molar-refractivity contribution in [3.8, 4) is 0 Å². The highest BCUT2D eigenvalue weighted by molar-refractivity contribution is 5.73. The van der Waals surface area contributed by atoms with Crippen molar-refractivity contribution in [2.24, 2.45) is 11.8 Å². The Labute approximate surface area is 87.6 Å². The maximum atomic E-state index is 11.3. The van der Waals surface area contributed by atoms with Crippen molar-refractivity contribution in [1.82, 2.24) is 10.6 Å². The summed E-state index contributed by atoms with van der Waals surface area (Å²) < 4.78 is 0. The monoisotopic (exact) mass is 200 g/mol. The molecule has 0 spiro atoms. The standard InChI is InChI=1S/C11H24N2O/c1-5-10(6-2)8-13-11(14)12-7-9(3)4/h9-10H,5-8H2,1-4H3,(H2,12,13,14). The van der Waals surface area contributed by atoms with Crippen LogP contribution in [0.25, 0.3) is 0 Å². The number of urea groups is 1. The topological polar surface area (TPSA) is 41.1 Å². The quantitative estimate of drug-likeness (QED) is 0.679. The smallest absolute Gasteiger partial charge is 0.314 e. The third-order valence-electron chi connectivity index (χ3n) is 2.38. The van der Waals surface area contributed by atoms with Gasteiger partial charge in [-0.2, -0.15) is 0 Å². The molecular formula is C11H24N2O. The molecule has 0 saturated carbocycles. The predicted octanol–water partition coefficient (Wildman–Crippen LogP) is 2.38. The number of hydrogen-bond donors (Lipinski definition) is 2. The number of carbonyl (C=O) groups is 1. The molecule has 3 nitrogen and oxygen atoms in total. The van der Waals surface area contributed by atoms with E-state index in [4.69, 9.17) is 0 Å². The molecule has 2 N–H and O–H groups in total. The lowest BCUT2D eigenvalue weighted by Gasteiger charge is -2.14. The van der Waals surface area contributed by atoms with Crippen LogP contribution in [0.2, 0.25) is 0 Å². The van der Waals surface area contributed by atoms with E-state index in [2.05, 4.69) is 38.3 Å². The van der Waals surface area contributed by atoms with Gasteiger partial charge in [-0.1, -0.05) is 40.5 Å². The molecule has 0 aliphatic heterocycles. The lowest BCUT2D eigenvalue weighted by Crippen LogP contribution is -2.39. The van der Waals surface area contributed by atoms with Gasteiger partial charge in [0.2, 0.25) is 0 Å². The Hall–Kier alpha value is -0.730. The van der Waals surface area contributed by atoms with Crippen LogP contribution in [0.4, 0.5) is 4.79 Å². The summed E-state index contributed by atoms with van der Waals surface area (Å²) in [7, 11) is 0. The molecule has 2 amide bonds. The fourth-order valence-corrected chi connectivity index (χ4v) is 1.17. The highest BCUT2D eigenvalue weighted by Crippen LogP contribution is 2.04. The van der Waals surface area contributed by atoms with E-state index in [0.717, 1.165) is 25.9 Å². The zero-order chi connectivity index (χ0) is 11.0. The van der Waals surface area contributed by atoms with Gasteiger partial charge < -0.3 is 10.6 Å². The molecule has 0 unspecified atom stereocenters. The van der Waals surface area contributed by atoms with Crippen LogP contribution < -0.4 is 10.6 Å². The van der Waals surface area contributed by atoms with Crippen LogP contribution in [0.5, 0.6) is 0 Å². The van der Waals surface area contributed by atoms with Crippen LogP contribution in [-0.4, -0.2) is 19.1 Å². The first-order valence-electron chi connectivity index (χ1n) is 5.61. The lowest BCUT2D eigenvalue weighted by atomic mass is 10.0. The Morgan fingerprint density at radius 2 is 1.57 bits per heavy atom. The van der Waals surface area contributed by atoms with Gasteiger partial charge in [0.25, 0.3) is 0 Å². The molecule has 0 heterocycles. The fraction of sp³-hybridized carbons (Fsp3) is 0.909. The molecule has 0 aromatic carbocycles. The minimum absolute atomic E-state index is 0.0365. The number of carbonyl (C=O) groups excluding carboxylic acids is 1. The van der Waals surface area contributed by atoms with E-state index >= 15 is 0 Å². The highest BCUT2D eigenvalue weighted by Gasteiger charge is 2.05. The summed E-state index contributed by atoms with van der Waals surface area (Å²) >= 11 is 0. The Balaban J connectivity index is 3.52. The number of hydrogen-bond acceptors (Lipinski definition) is 1. The molecule has 14 heavy (non-hydrogen) atoms. The molecule has 0 rings (SSSR count). The fourth-order valence-electron chi connectivity index (χ4n) is 1.17. The third kappa shape index (κ3) is 6.75. The van der Waals surface area contributed by atoms with Crippen LogP contribution in [0, 0.1) is 11.8 Å². The van der Waals surface area contributed by atoms with Gasteiger partial charge in [0, 0.05) is 13.1 Å². The van der Waals surface area contributed by atoms with Crippen LogP contribution in [0.1, 0.15) is 40.5 Å². The maximum Gasteiger partial charge on any atom is 0.314 e. The van der Waals surface area contributed by atoms with Crippen molar-refractivity contribution in [2.75, 3.05) is 13.1 Å². The minimum Gasteiger partial charge on any atom is -0.338 e. The van der Waals surface area contributed by atoms with E-state index in [1.165, 1.54) is 0 Å². The Bertz CT molecular complexity index is 153. The summed E-state index contributed by atoms with van der Waals surface area (Å²) in [5, 5.41) is 5.73. The third-order valence-corrected chi connectivity index (χ3v) is 2.38.